The van der Waals surface area contributed by atoms with E-state index in [2.05, 4.69) is 4.74 Å². The summed E-state index contributed by atoms with van der Waals surface area (Å²) in [7, 11) is 0. The van der Waals surface area contributed by atoms with Gasteiger partial charge >= 0.3 is 6.61 Å². The molecule has 3 nitrogen and oxygen atoms in total. The topological polar surface area (TPSA) is 29.5 Å². The van der Waals surface area contributed by atoms with Crippen LogP contribution in [-0.4, -0.2) is 36.6 Å². The molecule has 1 amide bonds. The van der Waals surface area contributed by atoms with E-state index in [1.54, 1.807) is 0 Å². The largest absolute Gasteiger partial charge is 0.345 e. The van der Waals surface area contributed by atoms with Crippen LogP contribution < -0.4 is 0 Å². The van der Waals surface area contributed by atoms with Crippen LogP contribution in [0, 0.1) is 11.6 Å². The van der Waals surface area contributed by atoms with E-state index in [0.29, 0.717) is 13.0 Å². The highest BCUT2D eigenvalue weighted by atomic mass is 19.3. The third-order valence-corrected chi connectivity index (χ3v) is 3.41. The smallest absolute Gasteiger partial charge is 0.340 e. The Hall–Kier alpha value is -1.63. The number of carbonyl (C=O) groups is 1. The fraction of sp³-hybridized carbons (Fsp3) is 0.500. The van der Waals surface area contributed by atoms with Crippen molar-refractivity contribution in [3.8, 4) is 0 Å². The lowest BCUT2D eigenvalue weighted by Crippen LogP contribution is -2.30. The number of likely N-dealkylation sites (tertiary alicyclic amines) is 1. The number of aryl methyl sites for hydroxylation is 1. The molecule has 0 aromatic heterocycles. The van der Waals surface area contributed by atoms with Crippen LogP contribution in [0.4, 0.5) is 17.6 Å². The van der Waals surface area contributed by atoms with Gasteiger partial charge in [0, 0.05) is 19.5 Å². The van der Waals surface area contributed by atoms with Crippen molar-refractivity contribution >= 4 is 5.91 Å². The molecule has 0 aliphatic carbocycles. The van der Waals surface area contributed by atoms with Gasteiger partial charge in [0.25, 0.3) is 0 Å². The summed E-state index contributed by atoms with van der Waals surface area (Å²) in [5.74, 6) is -1.41. The van der Waals surface area contributed by atoms with Gasteiger partial charge < -0.3 is 9.64 Å². The second kappa shape index (κ2) is 6.89. The summed E-state index contributed by atoms with van der Waals surface area (Å²) >= 11 is 0. The molecule has 1 aromatic rings. The molecule has 2 rings (SSSR count). The normalized spacial score (nSPS) is 18.5. The Balaban J connectivity index is 1.84. The zero-order valence-electron chi connectivity index (χ0n) is 11.2. The summed E-state index contributed by atoms with van der Waals surface area (Å²) in [6.07, 6.45) is -0.245. The molecular weight excluding hydrogens is 290 g/mol. The summed E-state index contributed by atoms with van der Waals surface area (Å²) < 4.78 is 54.9. The maximum Gasteiger partial charge on any atom is 0.345 e. The van der Waals surface area contributed by atoms with Crippen LogP contribution in [0.5, 0.6) is 0 Å². The lowest BCUT2D eigenvalue weighted by Gasteiger charge is -2.16. The lowest BCUT2D eigenvalue weighted by atomic mass is 10.1. The number of hydrogen-bond acceptors (Lipinski definition) is 2. The Bertz CT molecular complexity index is 510. The summed E-state index contributed by atoms with van der Waals surface area (Å²) in [5.41, 5.74) is 0.128. The van der Waals surface area contributed by atoms with Crippen molar-refractivity contribution in [2.24, 2.45) is 0 Å². The highest BCUT2D eigenvalue weighted by Gasteiger charge is 2.28. The van der Waals surface area contributed by atoms with Crippen molar-refractivity contribution in [2.75, 3.05) is 13.1 Å². The first-order valence-electron chi connectivity index (χ1n) is 6.61. The molecule has 0 spiro atoms. The van der Waals surface area contributed by atoms with Gasteiger partial charge in [-0.25, -0.2) is 8.78 Å². The van der Waals surface area contributed by atoms with Crippen molar-refractivity contribution in [2.45, 2.75) is 32.0 Å². The quantitative estimate of drug-likeness (QED) is 0.783. The van der Waals surface area contributed by atoms with E-state index in [9.17, 15) is 22.4 Å². The third kappa shape index (κ3) is 4.42. The molecule has 1 fully saturated rings. The molecule has 1 saturated heterocycles. The molecule has 1 aromatic carbocycles. The Morgan fingerprint density at radius 1 is 1.38 bits per heavy atom. The molecule has 7 heteroatoms. The number of benzene rings is 1. The van der Waals surface area contributed by atoms with E-state index in [0.717, 1.165) is 18.2 Å². The third-order valence-electron chi connectivity index (χ3n) is 3.41. The van der Waals surface area contributed by atoms with Gasteiger partial charge in [-0.2, -0.15) is 8.78 Å². The van der Waals surface area contributed by atoms with Crippen LogP contribution in [0.2, 0.25) is 0 Å². The summed E-state index contributed by atoms with van der Waals surface area (Å²) in [5, 5.41) is 0. The average molecular weight is 305 g/mol. The van der Waals surface area contributed by atoms with Gasteiger partial charge in [0.05, 0.1) is 6.10 Å². The summed E-state index contributed by atoms with van der Waals surface area (Å²) in [6, 6.07) is 3.07. The SMILES string of the molecule is O=C(CCc1cc(F)ccc1F)N1CC[C@H](OC(F)F)C1. The molecule has 116 valence electrons. The van der Waals surface area contributed by atoms with Crippen molar-refractivity contribution < 1.29 is 27.1 Å². The van der Waals surface area contributed by atoms with Gasteiger partial charge in [0.2, 0.25) is 5.91 Å². The highest BCUT2D eigenvalue weighted by Crippen LogP contribution is 2.18. The average Bonchev–Trinajstić information content (AvgIpc) is 2.87. The van der Waals surface area contributed by atoms with Gasteiger partial charge in [-0.05, 0) is 36.6 Å². The van der Waals surface area contributed by atoms with E-state index in [4.69, 9.17) is 0 Å². The molecule has 0 N–H and O–H groups in total. The summed E-state index contributed by atoms with van der Waals surface area (Å²) in [4.78, 5) is 13.3. The fourth-order valence-electron chi connectivity index (χ4n) is 2.35. The maximum atomic E-state index is 13.4. The zero-order chi connectivity index (χ0) is 15.4. The predicted molar refractivity (Wildman–Crippen MR) is 66.8 cm³/mol. The minimum atomic E-state index is -2.86. The van der Waals surface area contributed by atoms with Crippen LogP contribution in [-0.2, 0) is 16.0 Å². The Kier molecular flexibility index (Phi) is 5.17. The first-order valence-corrected chi connectivity index (χ1v) is 6.61. The monoisotopic (exact) mass is 305 g/mol. The van der Waals surface area contributed by atoms with Crippen LogP contribution in [0.1, 0.15) is 18.4 Å². The molecule has 0 saturated carbocycles. The van der Waals surface area contributed by atoms with E-state index in [1.807, 2.05) is 0 Å². The number of ether oxygens (including phenoxy) is 1. The lowest BCUT2D eigenvalue weighted by molar-refractivity contribution is -0.160. The van der Waals surface area contributed by atoms with Gasteiger partial charge in [-0.1, -0.05) is 0 Å². The van der Waals surface area contributed by atoms with E-state index >= 15 is 0 Å². The molecule has 1 aliphatic heterocycles. The highest BCUT2D eigenvalue weighted by molar-refractivity contribution is 5.76. The Morgan fingerprint density at radius 3 is 2.86 bits per heavy atom. The van der Waals surface area contributed by atoms with Gasteiger partial charge in [-0.3, -0.25) is 4.79 Å². The summed E-state index contributed by atoms with van der Waals surface area (Å²) in [6.45, 7) is -2.41. The number of nitrogens with zero attached hydrogens (tertiary/aromatic N) is 1. The molecule has 1 aliphatic rings. The maximum absolute atomic E-state index is 13.4. The van der Waals surface area contributed by atoms with Gasteiger partial charge in [-0.15, -0.1) is 0 Å². The standard InChI is InChI=1S/C14H15F4NO2/c15-10-2-3-12(16)9(7-10)1-4-13(20)19-6-5-11(8-19)21-14(17)18/h2-3,7,11,14H,1,4-6,8H2/t11-/m0/s1. The number of carbonyl (C=O) groups excluding carboxylic acids is 1. The van der Waals surface area contributed by atoms with Crippen LogP contribution >= 0.6 is 0 Å². The van der Waals surface area contributed by atoms with E-state index < -0.39 is 24.3 Å². The second-order valence-electron chi connectivity index (χ2n) is 4.88. The van der Waals surface area contributed by atoms with Crippen molar-refractivity contribution in [1.29, 1.82) is 0 Å². The van der Waals surface area contributed by atoms with E-state index in [-0.39, 0.29) is 30.9 Å². The number of halogens is 4. The molecule has 1 heterocycles. The van der Waals surface area contributed by atoms with Crippen molar-refractivity contribution in [3.63, 3.8) is 0 Å². The number of hydrogen-bond donors (Lipinski definition) is 0. The molecule has 1 atom stereocenters. The van der Waals surface area contributed by atoms with Gasteiger partial charge in [0.15, 0.2) is 0 Å². The first-order chi connectivity index (χ1) is 9.95. The van der Waals surface area contributed by atoms with Crippen LogP contribution in [0.3, 0.4) is 0 Å². The molecule has 0 radical (unpaired) electrons. The van der Waals surface area contributed by atoms with Crippen molar-refractivity contribution in [3.05, 3.63) is 35.4 Å². The number of alkyl halides is 2. The number of amides is 1. The first kappa shape index (κ1) is 15.8. The predicted octanol–water partition coefficient (Wildman–Crippen LogP) is 2.74. The minimum absolute atomic E-state index is 0.00176. The second-order valence-corrected chi connectivity index (χ2v) is 4.88. The van der Waals surface area contributed by atoms with Gasteiger partial charge in [0.1, 0.15) is 11.6 Å². The van der Waals surface area contributed by atoms with Crippen LogP contribution in [0.15, 0.2) is 18.2 Å². The van der Waals surface area contributed by atoms with E-state index in [1.165, 1.54) is 4.90 Å². The van der Waals surface area contributed by atoms with Crippen molar-refractivity contribution in [1.82, 2.24) is 4.90 Å². The van der Waals surface area contributed by atoms with Crippen LogP contribution in [0.25, 0.3) is 0 Å². The fourth-order valence-corrected chi connectivity index (χ4v) is 2.35. The minimum Gasteiger partial charge on any atom is -0.340 e. The Labute approximate surface area is 119 Å². The molecule has 0 unspecified atom stereocenters. The molecule has 0 bridgehead atoms. The Morgan fingerprint density at radius 2 is 2.14 bits per heavy atom. The molecular formula is C14H15F4NO2. The zero-order valence-corrected chi connectivity index (χ0v) is 11.2. The molecule has 21 heavy (non-hydrogen) atoms. The number of rotatable bonds is 5.